The standard InChI is InChI=1S/C15H30N2O/c1-4-13-6-5-8-15(10-13,11-16)17(3)14-7-9-18-12(14)2/h12-14H,4-11,16H2,1-3H3. The van der Waals surface area contributed by atoms with Gasteiger partial charge in [-0.2, -0.15) is 0 Å². The Balaban J connectivity index is 2.10. The lowest BCUT2D eigenvalue weighted by atomic mass is 9.73. The molecular formula is C15H30N2O. The molecule has 2 rings (SSSR count). The van der Waals surface area contributed by atoms with Crippen LogP contribution < -0.4 is 5.73 Å². The quantitative estimate of drug-likeness (QED) is 0.837. The Bertz CT molecular complexity index is 271. The monoisotopic (exact) mass is 254 g/mol. The third-order valence-electron chi connectivity index (χ3n) is 5.46. The lowest BCUT2D eigenvalue weighted by Crippen LogP contribution is -2.59. The summed E-state index contributed by atoms with van der Waals surface area (Å²) in [6.07, 6.45) is 8.09. The number of nitrogens with zero attached hydrogens (tertiary/aromatic N) is 1. The Morgan fingerprint density at radius 2 is 2.17 bits per heavy atom. The molecule has 1 aliphatic carbocycles. The molecule has 4 unspecified atom stereocenters. The molecule has 18 heavy (non-hydrogen) atoms. The van der Waals surface area contributed by atoms with Crippen molar-refractivity contribution in [2.75, 3.05) is 20.2 Å². The molecule has 3 nitrogen and oxygen atoms in total. The minimum absolute atomic E-state index is 0.228. The van der Waals surface area contributed by atoms with E-state index in [-0.39, 0.29) is 5.54 Å². The second kappa shape index (κ2) is 5.89. The van der Waals surface area contributed by atoms with E-state index in [0.29, 0.717) is 12.1 Å². The van der Waals surface area contributed by atoms with E-state index < -0.39 is 0 Å². The molecule has 0 bridgehead atoms. The van der Waals surface area contributed by atoms with Gasteiger partial charge in [0, 0.05) is 24.7 Å². The molecular weight excluding hydrogens is 224 g/mol. The third kappa shape index (κ3) is 2.59. The molecule has 2 aliphatic rings. The topological polar surface area (TPSA) is 38.5 Å². The van der Waals surface area contributed by atoms with Crippen molar-refractivity contribution < 1.29 is 4.74 Å². The third-order valence-corrected chi connectivity index (χ3v) is 5.46. The summed E-state index contributed by atoms with van der Waals surface area (Å²) in [6, 6.07) is 0.559. The van der Waals surface area contributed by atoms with Gasteiger partial charge < -0.3 is 10.5 Å². The number of rotatable bonds is 4. The Morgan fingerprint density at radius 3 is 2.72 bits per heavy atom. The van der Waals surface area contributed by atoms with E-state index in [1.165, 1.54) is 32.1 Å². The average molecular weight is 254 g/mol. The fourth-order valence-electron chi connectivity index (χ4n) is 4.04. The number of hydrogen-bond donors (Lipinski definition) is 1. The summed E-state index contributed by atoms with van der Waals surface area (Å²) >= 11 is 0. The molecule has 1 saturated carbocycles. The summed E-state index contributed by atoms with van der Waals surface area (Å²) in [5.74, 6) is 0.863. The molecule has 1 heterocycles. The van der Waals surface area contributed by atoms with Crippen molar-refractivity contribution >= 4 is 0 Å². The highest BCUT2D eigenvalue weighted by Gasteiger charge is 2.43. The summed E-state index contributed by atoms with van der Waals surface area (Å²) in [5, 5.41) is 0. The van der Waals surface area contributed by atoms with E-state index in [4.69, 9.17) is 10.5 Å². The molecule has 2 fully saturated rings. The van der Waals surface area contributed by atoms with E-state index >= 15 is 0 Å². The Kier molecular flexibility index (Phi) is 4.68. The molecule has 0 aromatic carbocycles. The fraction of sp³-hybridized carbons (Fsp3) is 1.00. The largest absolute Gasteiger partial charge is 0.377 e. The second-order valence-electron chi connectivity index (χ2n) is 6.34. The van der Waals surface area contributed by atoms with Crippen LogP contribution >= 0.6 is 0 Å². The maximum absolute atomic E-state index is 6.19. The Labute approximate surface area is 112 Å². The van der Waals surface area contributed by atoms with Crippen molar-refractivity contribution in [1.82, 2.24) is 4.90 Å². The molecule has 0 spiro atoms. The highest BCUT2D eigenvalue weighted by molar-refractivity contribution is 4.99. The average Bonchev–Trinajstić information content (AvgIpc) is 2.84. The second-order valence-corrected chi connectivity index (χ2v) is 6.34. The van der Waals surface area contributed by atoms with Crippen molar-refractivity contribution in [1.29, 1.82) is 0 Å². The summed E-state index contributed by atoms with van der Waals surface area (Å²) in [7, 11) is 2.28. The molecule has 1 aliphatic heterocycles. The van der Waals surface area contributed by atoms with Gasteiger partial charge in [0.25, 0.3) is 0 Å². The van der Waals surface area contributed by atoms with E-state index in [2.05, 4.69) is 25.8 Å². The van der Waals surface area contributed by atoms with Crippen molar-refractivity contribution in [2.45, 2.75) is 70.1 Å². The van der Waals surface area contributed by atoms with Crippen LogP contribution in [-0.4, -0.2) is 42.8 Å². The van der Waals surface area contributed by atoms with Crippen LogP contribution in [0.5, 0.6) is 0 Å². The van der Waals surface area contributed by atoms with Crippen molar-refractivity contribution in [3.05, 3.63) is 0 Å². The number of likely N-dealkylation sites (N-methyl/N-ethyl adjacent to an activating group) is 1. The lowest BCUT2D eigenvalue weighted by molar-refractivity contribution is -0.00383. The van der Waals surface area contributed by atoms with Gasteiger partial charge >= 0.3 is 0 Å². The number of hydrogen-bond acceptors (Lipinski definition) is 3. The summed E-state index contributed by atoms with van der Waals surface area (Å²) in [6.45, 7) is 6.23. The predicted molar refractivity (Wildman–Crippen MR) is 75.6 cm³/mol. The van der Waals surface area contributed by atoms with Crippen molar-refractivity contribution in [2.24, 2.45) is 11.7 Å². The molecule has 0 aromatic heterocycles. The molecule has 106 valence electrons. The maximum Gasteiger partial charge on any atom is 0.0703 e. The highest BCUT2D eigenvalue weighted by atomic mass is 16.5. The van der Waals surface area contributed by atoms with Gasteiger partial charge in [0.2, 0.25) is 0 Å². The number of nitrogens with two attached hydrogens (primary N) is 1. The van der Waals surface area contributed by atoms with Gasteiger partial charge in [-0.15, -0.1) is 0 Å². The van der Waals surface area contributed by atoms with Gasteiger partial charge in [0.05, 0.1) is 6.10 Å². The van der Waals surface area contributed by atoms with Gasteiger partial charge in [0.1, 0.15) is 0 Å². The fourth-order valence-corrected chi connectivity index (χ4v) is 4.04. The zero-order valence-electron chi connectivity index (χ0n) is 12.3. The zero-order chi connectivity index (χ0) is 13.2. The SMILES string of the molecule is CCC1CCCC(CN)(N(C)C2CCOC2C)C1. The van der Waals surface area contributed by atoms with Crippen LogP contribution in [0, 0.1) is 5.92 Å². The first-order chi connectivity index (χ1) is 8.63. The first kappa shape index (κ1) is 14.3. The molecule has 0 radical (unpaired) electrons. The summed E-state index contributed by atoms with van der Waals surface area (Å²) in [5.41, 5.74) is 6.41. The van der Waals surface area contributed by atoms with E-state index in [0.717, 1.165) is 25.5 Å². The minimum Gasteiger partial charge on any atom is -0.377 e. The smallest absolute Gasteiger partial charge is 0.0703 e. The van der Waals surface area contributed by atoms with Gasteiger partial charge in [-0.05, 0) is 39.2 Å². The van der Waals surface area contributed by atoms with Crippen LogP contribution in [0.4, 0.5) is 0 Å². The van der Waals surface area contributed by atoms with E-state index in [1.807, 2.05) is 0 Å². The van der Waals surface area contributed by atoms with Crippen LogP contribution in [0.15, 0.2) is 0 Å². The first-order valence-electron chi connectivity index (χ1n) is 7.67. The molecule has 2 N–H and O–H groups in total. The van der Waals surface area contributed by atoms with Crippen LogP contribution in [0.3, 0.4) is 0 Å². The van der Waals surface area contributed by atoms with Gasteiger partial charge in [-0.1, -0.05) is 26.2 Å². The predicted octanol–water partition coefficient (Wildman–Crippen LogP) is 2.39. The first-order valence-corrected chi connectivity index (χ1v) is 7.67. The lowest BCUT2D eigenvalue weighted by Gasteiger charge is -2.49. The van der Waals surface area contributed by atoms with Gasteiger partial charge in [0.15, 0.2) is 0 Å². The Morgan fingerprint density at radius 1 is 1.39 bits per heavy atom. The van der Waals surface area contributed by atoms with Gasteiger partial charge in [-0.25, -0.2) is 0 Å². The normalized spacial score (nSPS) is 41.5. The summed E-state index contributed by atoms with van der Waals surface area (Å²) in [4.78, 5) is 2.58. The van der Waals surface area contributed by atoms with E-state index in [9.17, 15) is 0 Å². The Hall–Kier alpha value is -0.120. The zero-order valence-corrected chi connectivity index (χ0v) is 12.3. The molecule has 4 atom stereocenters. The molecule has 1 saturated heterocycles. The molecule has 0 aromatic rings. The minimum atomic E-state index is 0.228. The van der Waals surface area contributed by atoms with Crippen LogP contribution in [0.2, 0.25) is 0 Å². The van der Waals surface area contributed by atoms with E-state index in [1.54, 1.807) is 0 Å². The van der Waals surface area contributed by atoms with Crippen molar-refractivity contribution in [3.8, 4) is 0 Å². The summed E-state index contributed by atoms with van der Waals surface area (Å²) < 4.78 is 5.74. The van der Waals surface area contributed by atoms with Crippen LogP contribution in [0.25, 0.3) is 0 Å². The molecule has 0 amide bonds. The highest BCUT2D eigenvalue weighted by Crippen LogP contribution is 2.39. The van der Waals surface area contributed by atoms with Gasteiger partial charge in [-0.3, -0.25) is 4.90 Å². The van der Waals surface area contributed by atoms with Crippen LogP contribution in [0.1, 0.15) is 52.4 Å². The number of ether oxygens (including phenoxy) is 1. The molecule has 3 heteroatoms. The van der Waals surface area contributed by atoms with Crippen molar-refractivity contribution in [3.63, 3.8) is 0 Å². The van der Waals surface area contributed by atoms with Crippen LogP contribution in [-0.2, 0) is 4.74 Å². The maximum atomic E-state index is 6.19.